The highest BCUT2D eigenvalue weighted by Gasteiger charge is 2.18. The molecule has 0 saturated carbocycles. The summed E-state index contributed by atoms with van der Waals surface area (Å²) in [6.07, 6.45) is 14.2. The Morgan fingerprint density at radius 2 is 1.07 bits per heavy atom. The molecule has 0 aliphatic rings. The minimum absolute atomic E-state index is 0.900. The quantitative estimate of drug-likeness (QED) is 0.122. The van der Waals surface area contributed by atoms with Crippen molar-refractivity contribution < 1.29 is 4.42 Å². The monoisotopic (exact) mass is 760 g/mol. The Morgan fingerprint density at radius 1 is 0.542 bits per heavy atom. The van der Waals surface area contributed by atoms with Crippen molar-refractivity contribution in [2.75, 3.05) is 4.90 Å². The van der Waals surface area contributed by atoms with Crippen molar-refractivity contribution in [1.82, 2.24) is 4.57 Å². The van der Waals surface area contributed by atoms with Gasteiger partial charge in [0.05, 0.1) is 11.2 Å². The van der Waals surface area contributed by atoms with Crippen LogP contribution in [-0.4, -0.2) is 4.57 Å². The molecule has 3 nitrogen and oxygen atoms in total. The van der Waals surface area contributed by atoms with Gasteiger partial charge in [-0.1, -0.05) is 141 Å². The van der Waals surface area contributed by atoms with E-state index in [1.807, 2.05) is 24.3 Å². The van der Waals surface area contributed by atoms with Crippen LogP contribution in [0.2, 0.25) is 0 Å². The van der Waals surface area contributed by atoms with E-state index >= 15 is 0 Å². The standard InChI is InChI=1S/C56H44N2O/c1-5-9-18-45(7-3)58-53(15-6-2)49(8-4)51-37-43(27-35-54(51)58)41-23-31-47(32-24-41)57(46-29-21-40(22-30-46)39-16-11-10-12-17-39)48-33-25-42(26-34-48)44-28-36-56-52(38-44)50-19-13-14-20-55(50)59-56/h5-38H,1,4H2,2-3H3/b15-6-,18-9-,45-7+. The van der Waals surface area contributed by atoms with Gasteiger partial charge in [-0.25, -0.2) is 0 Å². The zero-order chi connectivity index (χ0) is 40.3. The van der Waals surface area contributed by atoms with Gasteiger partial charge in [-0.05, 0) is 126 Å². The van der Waals surface area contributed by atoms with Crippen molar-refractivity contribution in [2.24, 2.45) is 0 Å². The highest BCUT2D eigenvalue weighted by Crippen LogP contribution is 2.40. The summed E-state index contributed by atoms with van der Waals surface area (Å²) >= 11 is 0. The van der Waals surface area contributed by atoms with Gasteiger partial charge in [0.2, 0.25) is 0 Å². The fraction of sp³-hybridized carbons (Fsp3) is 0.0357. The van der Waals surface area contributed by atoms with E-state index in [4.69, 9.17) is 4.42 Å². The number of para-hydroxylation sites is 1. The molecule has 2 heterocycles. The van der Waals surface area contributed by atoms with E-state index in [9.17, 15) is 0 Å². The van der Waals surface area contributed by atoms with E-state index in [2.05, 4.69) is 212 Å². The van der Waals surface area contributed by atoms with E-state index in [0.717, 1.165) is 89.1 Å². The summed E-state index contributed by atoms with van der Waals surface area (Å²) in [6, 6.07) is 58.5. The minimum atomic E-state index is 0.900. The van der Waals surface area contributed by atoms with E-state index < -0.39 is 0 Å². The van der Waals surface area contributed by atoms with Crippen LogP contribution in [-0.2, 0) is 0 Å². The van der Waals surface area contributed by atoms with Gasteiger partial charge in [0.15, 0.2) is 0 Å². The maximum absolute atomic E-state index is 6.11. The molecule has 3 heteroatoms. The fourth-order valence-electron chi connectivity index (χ4n) is 8.19. The Morgan fingerprint density at radius 3 is 1.66 bits per heavy atom. The molecule has 7 aromatic carbocycles. The lowest BCUT2D eigenvalue weighted by Crippen LogP contribution is -2.09. The van der Waals surface area contributed by atoms with Crippen LogP contribution in [0.15, 0.2) is 212 Å². The average Bonchev–Trinajstić information content (AvgIpc) is 3.82. The second kappa shape index (κ2) is 16.1. The van der Waals surface area contributed by atoms with Crippen LogP contribution in [0.5, 0.6) is 0 Å². The van der Waals surface area contributed by atoms with Crippen molar-refractivity contribution in [3.8, 4) is 33.4 Å². The largest absolute Gasteiger partial charge is 0.456 e. The van der Waals surface area contributed by atoms with Crippen LogP contribution in [0.25, 0.3) is 84.1 Å². The van der Waals surface area contributed by atoms with Crippen molar-refractivity contribution in [3.63, 3.8) is 0 Å². The number of furan rings is 1. The van der Waals surface area contributed by atoms with Gasteiger partial charge in [-0.3, -0.25) is 0 Å². The second-order valence-corrected chi connectivity index (χ2v) is 14.5. The summed E-state index contributed by atoms with van der Waals surface area (Å²) in [5.74, 6) is 0. The third-order valence-corrected chi connectivity index (χ3v) is 11.1. The number of fused-ring (bicyclic) bond motifs is 4. The molecule has 9 rings (SSSR count). The summed E-state index contributed by atoms with van der Waals surface area (Å²) in [5.41, 5.74) is 16.4. The molecule has 0 saturated heterocycles. The number of nitrogens with zero attached hydrogens (tertiary/aromatic N) is 2. The minimum Gasteiger partial charge on any atom is -0.456 e. The molecule has 0 atom stereocenters. The lowest BCUT2D eigenvalue weighted by atomic mass is 10.0. The molecule has 0 N–H and O–H groups in total. The first kappa shape index (κ1) is 37.0. The van der Waals surface area contributed by atoms with E-state index in [1.54, 1.807) is 6.08 Å². The number of rotatable bonds is 11. The third-order valence-electron chi connectivity index (χ3n) is 11.1. The predicted molar refractivity (Wildman–Crippen MR) is 254 cm³/mol. The van der Waals surface area contributed by atoms with Gasteiger partial charge in [0, 0.05) is 44.5 Å². The smallest absolute Gasteiger partial charge is 0.135 e. The lowest BCUT2D eigenvalue weighted by molar-refractivity contribution is 0.669. The molecular formula is C56H44N2O. The fourth-order valence-corrected chi connectivity index (χ4v) is 8.19. The molecule has 0 spiro atoms. The van der Waals surface area contributed by atoms with Crippen LogP contribution in [0.1, 0.15) is 25.1 Å². The SMILES string of the molecule is C=C/C=C\C(=C/C)n1c(/C=C\C)c(C=C)c2cc(-c3ccc(N(c4ccc(-c5ccccc5)cc4)c4ccc(-c5ccc6oc7ccccc7c6c5)cc4)cc3)ccc21. The lowest BCUT2D eigenvalue weighted by Gasteiger charge is -2.26. The third kappa shape index (κ3) is 6.94. The highest BCUT2D eigenvalue weighted by molar-refractivity contribution is 6.06. The van der Waals surface area contributed by atoms with Crippen LogP contribution in [0.4, 0.5) is 17.1 Å². The summed E-state index contributed by atoms with van der Waals surface area (Å²) in [4.78, 5) is 2.33. The Bertz CT molecular complexity index is 3060. The van der Waals surface area contributed by atoms with Gasteiger partial charge < -0.3 is 13.9 Å². The van der Waals surface area contributed by atoms with Gasteiger partial charge in [0.25, 0.3) is 0 Å². The number of hydrogen-bond donors (Lipinski definition) is 0. The number of aromatic nitrogens is 1. The van der Waals surface area contributed by atoms with E-state index in [-0.39, 0.29) is 0 Å². The van der Waals surface area contributed by atoms with E-state index in [1.165, 1.54) is 11.1 Å². The molecule has 0 bridgehead atoms. The van der Waals surface area contributed by atoms with Crippen LogP contribution in [0, 0.1) is 0 Å². The van der Waals surface area contributed by atoms with Gasteiger partial charge >= 0.3 is 0 Å². The topological polar surface area (TPSA) is 21.3 Å². The Kier molecular flexibility index (Phi) is 10.1. The average molecular weight is 761 g/mol. The van der Waals surface area contributed by atoms with Gasteiger partial charge in [-0.2, -0.15) is 0 Å². The Balaban J connectivity index is 1.10. The molecule has 0 unspecified atom stereocenters. The van der Waals surface area contributed by atoms with Crippen molar-refractivity contribution in [2.45, 2.75) is 13.8 Å². The maximum Gasteiger partial charge on any atom is 0.135 e. The molecule has 0 radical (unpaired) electrons. The molecule has 0 aliphatic carbocycles. The van der Waals surface area contributed by atoms with Crippen LogP contribution < -0.4 is 4.90 Å². The molecule has 9 aromatic rings. The summed E-state index contributed by atoms with van der Waals surface area (Å²) < 4.78 is 8.41. The zero-order valence-corrected chi connectivity index (χ0v) is 33.3. The normalized spacial score (nSPS) is 12.0. The molecule has 0 fully saturated rings. The molecule has 0 aliphatic heterocycles. The van der Waals surface area contributed by atoms with E-state index in [0.29, 0.717) is 0 Å². The summed E-state index contributed by atoms with van der Waals surface area (Å²) in [6.45, 7) is 12.2. The van der Waals surface area contributed by atoms with Gasteiger partial charge in [-0.15, -0.1) is 0 Å². The maximum atomic E-state index is 6.11. The van der Waals surface area contributed by atoms with Crippen molar-refractivity contribution >= 4 is 67.8 Å². The first-order valence-corrected chi connectivity index (χ1v) is 20.1. The first-order chi connectivity index (χ1) is 29.1. The van der Waals surface area contributed by atoms with Crippen LogP contribution in [0.3, 0.4) is 0 Å². The molecule has 0 amide bonds. The highest BCUT2D eigenvalue weighted by atomic mass is 16.3. The van der Waals surface area contributed by atoms with Gasteiger partial charge in [0.1, 0.15) is 11.2 Å². The van der Waals surface area contributed by atoms with Crippen molar-refractivity contribution in [1.29, 1.82) is 0 Å². The number of hydrogen-bond acceptors (Lipinski definition) is 2. The number of anilines is 3. The first-order valence-electron chi connectivity index (χ1n) is 20.1. The summed E-state index contributed by atoms with van der Waals surface area (Å²) in [5, 5.41) is 3.41. The Labute approximate surface area is 346 Å². The Hall–Kier alpha value is -7.62. The predicted octanol–water partition coefficient (Wildman–Crippen LogP) is 16.3. The molecular weight excluding hydrogens is 717 g/mol. The second-order valence-electron chi connectivity index (χ2n) is 14.5. The van der Waals surface area contributed by atoms with Crippen molar-refractivity contribution in [3.05, 3.63) is 219 Å². The number of benzene rings is 7. The summed E-state index contributed by atoms with van der Waals surface area (Å²) in [7, 11) is 0. The molecule has 284 valence electrons. The number of allylic oxidation sites excluding steroid dienone is 6. The zero-order valence-electron chi connectivity index (χ0n) is 33.3. The molecule has 59 heavy (non-hydrogen) atoms. The van der Waals surface area contributed by atoms with Crippen LogP contribution >= 0.6 is 0 Å². The molecule has 2 aromatic heterocycles.